The fourth-order valence-electron chi connectivity index (χ4n) is 2.57. The quantitative estimate of drug-likeness (QED) is 0.842. The summed E-state index contributed by atoms with van der Waals surface area (Å²) < 4.78 is 6.58. The molecule has 1 fully saturated rings. The second-order valence-electron chi connectivity index (χ2n) is 5.02. The van der Waals surface area contributed by atoms with Crippen LogP contribution in [0.5, 0.6) is 0 Å². The average Bonchev–Trinajstić information content (AvgIpc) is 2.36. The minimum Gasteiger partial charge on any atom is -0.367 e. The Hall–Kier alpha value is -0.430. The zero-order chi connectivity index (χ0) is 13.2. The molecule has 0 bridgehead atoms. The molecule has 4 nitrogen and oxygen atoms in total. The number of aromatic amines is 1. The number of aromatic nitrogens is 2. The van der Waals surface area contributed by atoms with Crippen molar-refractivity contribution in [1.29, 1.82) is 0 Å². The van der Waals surface area contributed by atoms with E-state index in [1.165, 1.54) is 0 Å². The Labute approximate surface area is 121 Å². The van der Waals surface area contributed by atoms with E-state index in [2.05, 4.69) is 16.9 Å². The third kappa shape index (κ3) is 2.77. The van der Waals surface area contributed by atoms with Crippen molar-refractivity contribution in [3.63, 3.8) is 0 Å². The molecule has 1 aromatic rings. The Balaban J connectivity index is 2.34. The zero-order valence-corrected chi connectivity index (χ0v) is 13.0. The molecule has 0 aliphatic heterocycles. The maximum absolute atomic E-state index is 11.7. The molecule has 1 heterocycles. The van der Waals surface area contributed by atoms with Gasteiger partial charge in [0, 0.05) is 12.8 Å². The standard InChI is InChI=1S/C13H19IN2O2/c1-3-18-13(6-4-9(2)5-7-13)12-15-8-10(14)11(17)16-12/h8-9H,3-7H2,1-2H3,(H,15,16,17). The van der Waals surface area contributed by atoms with Crippen LogP contribution in [0.4, 0.5) is 0 Å². The fraction of sp³-hybridized carbons (Fsp3) is 0.692. The van der Waals surface area contributed by atoms with Crippen molar-refractivity contribution in [2.45, 2.75) is 45.1 Å². The van der Waals surface area contributed by atoms with E-state index in [1.54, 1.807) is 6.20 Å². The van der Waals surface area contributed by atoms with E-state index in [4.69, 9.17) is 4.74 Å². The van der Waals surface area contributed by atoms with Gasteiger partial charge in [-0.05, 0) is 61.1 Å². The van der Waals surface area contributed by atoms with Crippen LogP contribution in [0.15, 0.2) is 11.0 Å². The highest BCUT2D eigenvalue weighted by Crippen LogP contribution is 2.40. The molecule has 0 aromatic carbocycles. The highest BCUT2D eigenvalue weighted by Gasteiger charge is 2.38. The van der Waals surface area contributed by atoms with Crippen molar-refractivity contribution in [2.75, 3.05) is 6.61 Å². The third-order valence-electron chi connectivity index (χ3n) is 3.69. The third-order valence-corrected chi connectivity index (χ3v) is 4.46. The molecule has 1 aromatic heterocycles. The van der Waals surface area contributed by atoms with Crippen molar-refractivity contribution in [2.24, 2.45) is 5.92 Å². The van der Waals surface area contributed by atoms with Crippen LogP contribution in [0.3, 0.4) is 0 Å². The molecule has 0 amide bonds. The number of rotatable bonds is 3. The number of hydrogen-bond acceptors (Lipinski definition) is 3. The maximum Gasteiger partial charge on any atom is 0.264 e. The predicted octanol–water partition coefficient (Wildman–Crippen LogP) is 2.82. The lowest BCUT2D eigenvalue weighted by atomic mass is 9.79. The van der Waals surface area contributed by atoms with Gasteiger partial charge in [0.25, 0.3) is 5.56 Å². The van der Waals surface area contributed by atoms with E-state index < -0.39 is 0 Å². The predicted molar refractivity (Wildman–Crippen MR) is 78.5 cm³/mol. The molecule has 0 unspecified atom stereocenters. The summed E-state index contributed by atoms with van der Waals surface area (Å²) in [6.45, 7) is 4.90. The lowest BCUT2D eigenvalue weighted by Gasteiger charge is -2.38. The molecular formula is C13H19IN2O2. The van der Waals surface area contributed by atoms with Gasteiger partial charge in [0.05, 0.1) is 3.57 Å². The summed E-state index contributed by atoms with van der Waals surface area (Å²) in [5, 5.41) is 0. The Morgan fingerprint density at radius 3 is 2.78 bits per heavy atom. The summed E-state index contributed by atoms with van der Waals surface area (Å²) in [6, 6.07) is 0. The molecule has 0 saturated heterocycles. The molecule has 5 heteroatoms. The average molecular weight is 362 g/mol. The Kier molecular flexibility index (Phi) is 4.42. The lowest BCUT2D eigenvalue weighted by molar-refractivity contribution is -0.0838. The van der Waals surface area contributed by atoms with Crippen LogP contribution in [0.1, 0.15) is 45.4 Å². The summed E-state index contributed by atoms with van der Waals surface area (Å²) in [4.78, 5) is 19.0. The first kappa shape index (κ1) is 14.0. The van der Waals surface area contributed by atoms with Crippen molar-refractivity contribution >= 4 is 22.6 Å². The Morgan fingerprint density at radius 2 is 2.22 bits per heavy atom. The molecular weight excluding hydrogens is 343 g/mol. The van der Waals surface area contributed by atoms with Gasteiger partial charge in [-0.2, -0.15) is 0 Å². The maximum atomic E-state index is 11.7. The number of H-pyrrole nitrogens is 1. The van der Waals surface area contributed by atoms with Gasteiger partial charge >= 0.3 is 0 Å². The van der Waals surface area contributed by atoms with E-state index in [0.717, 1.165) is 31.6 Å². The number of nitrogens with zero attached hydrogens (tertiary/aromatic N) is 1. The van der Waals surface area contributed by atoms with E-state index in [-0.39, 0.29) is 11.2 Å². The number of nitrogens with one attached hydrogen (secondary N) is 1. The molecule has 1 aliphatic rings. The normalized spacial score (nSPS) is 28.3. The van der Waals surface area contributed by atoms with Gasteiger partial charge in [0.2, 0.25) is 0 Å². The summed E-state index contributed by atoms with van der Waals surface area (Å²) in [5.74, 6) is 1.43. The van der Waals surface area contributed by atoms with Crippen molar-refractivity contribution in [3.05, 3.63) is 25.9 Å². The van der Waals surface area contributed by atoms with Crippen LogP contribution in [-0.4, -0.2) is 16.6 Å². The van der Waals surface area contributed by atoms with Crippen LogP contribution >= 0.6 is 22.6 Å². The molecule has 18 heavy (non-hydrogen) atoms. The second-order valence-corrected chi connectivity index (χ2v) is 6.18. The first-order chi connectivity index (χ1) is 8.57. The summed E-state index contributed by atoms with van der Waals surface area (Å²) >= 11 is 1.99. The second kappa shape index (κ2) is 5.69. The number of hydrogen-bond donors (Lipinski definition) is 1. The van der Waals surface area contributed by atoms with Crippen molar-refractivity contribution < 1.29 is 4.74 Å². The highest BCUT2D eigenvalue weighted by atomic mass is 127. The van der Waals surface area contributed by atoms with Crippen LogP contribution in [-0.2, 0) is 10.3 Å². The zero-order valence-electron chi connectivity index (χ0n) is 10.8. The SMILES string of the molecule is CCOC1(c2ncc(I)c(=O)[nH]2)CCC(C)CC1. The van der Waals surface area contributed by atoms with Crippen LogP contribution < -0.4 is 5.56 Å². The van der Waals surface area contributed by atoms with Gasteiger partial charge in [0.1, 0.15) is 11.4 Å². The number of halogens is 1. The summed E-state index contributed by atoms with van der Waals surface area (Å²) in [5.41, 5.74) is -0.455. The minimum absolute atomic E-state index is 0.0710. The van der Waals surface area contributed by atoms with Crippen LogP contribution in [0.25, 0.3) is 0 Å². The van der Waals surface area contributed by atoms with E-state index in [0.29, 0.717) is 16.0 Å². The topological polar surface area (TPSA) is 55.0 Å². The first-order valence-corrected chi connectivity index (χ1v) is 7.54. The molecule has 1 saturated carbocycles. The molecule has 0 radical (unpaired) electrons. The summed E-state index contributed by atoms with van der Waals surface area (Å²) in [7, 11) is 0. The lowest BCUT2D eigenvalue weighted by Crippen LogP contribution is -2.37. The first-order valence-electron chi connectivity index (χ1n) is 6.46. The summed E-state index contributed by atoms with van der Waals surface area (Å²) in [6.07, 6.45) is 5.75. The Morgan fingerprint density at radius 1 is 1.56 bits per heavy atom. The highest BCUT2D eigenvalue weighted by molar-refractivity contribution is 14.1. The van der Waals surface area contributed by atoms with Gasteiger partial charge in [-0.15, -0.1) is 0 Å². The molecule has 0 spiro atoms. The molecule has 1 N–H and O–H groups in total. The van der Waals surface area contributed by atoms with Crippen LogP contribution in [0, 0.1) is 9.49 Å². The van der Waals surface area contributed by atoms with Crippen LogP contribution in [0.2, 0.25) is 0 Å². The van der Waals surface area contributed by atoms with Crippen molar-refractivity contribution in [3.8, 4) is 0 Å². The van der Waals surface area contributed by atoms with Gasteiger partial charge in [0.15, 0.2) is 0 Å². The van der Waals surface area contributed by atoms with Gasteiger partial charge in [-0.25, -0.2) is 4.98 Å². The van der Waals surface area contributed by atoms with Gasteiger partial charge < -0.3 is 9.72 Å². The Bertz CT molecular complexity index is 464. The molecule has 100 valence electrons. The molecule has 2 rings (SSSR count). The van der Waals surface area contributed by atoms with E-state index in [1.807, 2.05) is 29.5 Å². The number of ether oxygens (including phenoxy) is 1. The minimum atomic E-state index is -0.384. The van der Waals surface area contributed by atoms with E-state index >= 15 is 0 Å². The van der Waals surface area contributed by atoms with Crippen molar-refractivity contribution in [1.82, 2.24) is 9.97 Å². The van der Waals surface area contributed by atoms with Gasteiger partial charge in [-0.3, -0.25) is 4.79 Å². The smallest absolute Gasteiger partial charge is 0.264 e. The molecule has 0 atom stereocenters. The fourth-order valence-corrected chi connectivity index (χ4v) is 2.84. The largest absolute Gasteiger partial charge is 0.367 e. The van der Waals surface area contributed by atoms with E-state index in [9.17, 15) is 4.79 Å². The molecule has 1 aliphatic carbocycles. The monoisotopic (exact) mass is 362 g/mol. The van der Waals surface area contributed by atoms with Gasteiger partial charge in [-0.1, -0.05) is 6.92 Å².